The highest BCUT2D eigenvalue weighted by Crippen LogP contribution is 2.45. The van der Waals surface area contributed by atoms with Crippen LogP contribution in [-0.4, -0.2) is 7.05 Å². The van der Waals surface area contributed by atoms with E-state index >= 15 is 0 Å². The quantitative estimate of drug-likeness (QED) is 0.434. The van der Waals surface area contributed by atoms with Gasteiger partial charge in [-0.05, 0) is 36.4 Å². The molecule has 0 fully saturated rings. The van der Waals surface area contributed by atoms with Gasteiger partial charge in [0.25, 0.3) is 0 Å². The molecule has 1 aliphatic rings. The SMILES string of the molecule is CN1c2ccc(F)cc2C(=CO[PH](=S)c2ccccc2)c2cc(F)ccc21. The van der Waals surface area contributed by atoms with E-state index in [0.717, 1.165) is 16.7 Å². The third-order valence-electron chi connectivity index (χ3n) is 4.51. The van der Waals surface area contributed by atoms with Crippen LogP contribution in [-0.2, 0) is 16.3 Å². The van der Waals surface area contributed by atoms with Crippen LogP contribution in [0.1, 0.15) is 11.1 Å². The van der Waals surface area contributed by atoms with Crippen molar-refractivity contribution in [3.8, 4) is 0 Å². The van der Waals surface area contributed by atoms with Crippen molar-refractivity contribution in [2.24, 2.45) is 0 Å². The van der Waals surface area contributed by atoms with Gasteiger partial charge < -0.3 is 9.42 Å². The molecular formula is C21H16F2NOPS. The highest BCUT2D eigenvalue weighted by molar-refractivity contribution is 8.06. The van der Waals surface area contributed by atoms with Crippen molar-refractivity contribution in [3.63, 3.8) is 0 Å². The predicted octanol–water partition coefficient (Wildman–Crippen LogP) is 5.37. The smallest absolute Gasteiger partial charge is 0.130 e. The van der Waals surface area contributed by atoms with E-state index in [0.29, 0.717) is 16.7 Å². The minimum absolute atomic E-state index is 0.361. The van der Waals surface area contributed by atoms with Crippen LogP contribution in [0.15, 0.2) is 73.0 Å². The maximum atomic E-state index is 13.9. The molecule has 0 radical (unpaired) electrons. The Hall–Kier alpha value is -2.49. The Labute approximate surface area is 162 Å². The summed E-state index contributed by atoms with van der Waals surface area (Å²) in [7, 11) is 1.87. The van der Waals surface area contributed by atoms with Gasteiger partial charge in [-0.3, -0.25) is 0 Å². The lowest BCUT2D eigenvalue weighted by Crippen LogP contribution is -2.18. The number of hydrogen-bond donors (Lipinski definition) is 0. The van der Waals surface area contributed by atoms with Crippen LogP contribution in [0.25, 0.3) is 5.57 Å². The molecule has 0 N–H and O–H groups in total. The molecule has 0 amide bonds. The molecule has 3 aromatic carbocycles. The number of fused-ring (bicyclic) bond motifs is 2. The van der Waals surface area contributed by atoms with E-state index in [1.54, 1.807) is 18.4 Å². The summed E-state index contributed by atoms with van der Waals surface area (Å²) in [5.41, 5.74) is 3.56. The van der Waals surface area contributed by atoms with Gasteiger partial charge in [0, 0.05) is 40.4 Å². The van der Waals surface area contributed by atoms with Gasteiger partial charge in [-0.25, -0.2) is 8.78 Å². The van der Waals surface area contributed by atoms with Gasteiger partial charge >= 0.3 is 0 Å². The Morgan fingerprint density at radius 2 is 1.44 bits per heavy atom. The second kappa shape index (κ2) is 7.26. The Morgan fingerprint density at radius 3 is 2.00 bits per heavy atom. The first-order valence-electron chi connectivity index (χ1n) is 8.34. The summed E-state index contributed by atoms with van der Waals surface area (Å²) in [6.45, 7) is -1.70. The van der Waals surface area contributed by atoms with Crippen molar-refractivity contribution in [3.05, 3.63) is 95.8 Å². The van der Waals surface area contributed by atoms with Crippen molar-refractivity contribution < 1.29 is 13.3 Å². The normalized spacial score (nSPS) is 13.6. The fourth-order valence-electron chi connectivity index (χ4n) is 3.19. The fraction of sp³-hybridized carbons (Fsp3) is 0.0476. The van der Waals surface area contributed by atoms with Crippen molar-refractivity contribution in [2.75, 3.05) is 11.9 Å². The van der Waals surface area contributed by atoms with Crippen molar-refractivity contribution in [1.82, 2.24) is 0 Å². The molecule has 1 unspecified atom stereocenters. The largest absolute Gasteiger partial charge is 0.472 e. The van der Waals surface area contributed by atoms with Gasteiger partial charge in [0.05, 0.1) is 6.26 Å². The highest BCUT2D eigenvalue weighted by Gasteiger charge is 2.25. The Kier molecular flexibility index (Phi) is 4.81. The second-order valence-electron chi connectivity index (χ2n) is 6.18. The van der Waals surface area contributed by atoms with E-state index < -0.39 is 6.92 Å². The molecule has 0 saturated heterocycles. The number of nitrogens with zero attached hydrogens (tertiary/aromatic N) is 1. The van der Waals surface area contributed by atoms with Crippen molar-refractivity contribution >= 4 is 41.0 Å². The molecule has 0 bridgehead atoms. The van der Waals surface area contributed by atoms with Crippen LogP contribution in [0.3, 0.4) is 0 Å². The molecule has 4 rings (SSSR count). The number of halogens is 2. The summed E-state index contributed by atoms with van der Waals surface area (Å²) < 4.78 is 33.8. The van der Waals surface area contributed by atoms with E-state index in [-0.39, 0.29) is 11.6 Å². The van der Waals surface area contributed by atoms with Gasteiger partial charge in [0.1, 0.15) is 18.6 Å². The summed E-state index contributed by atoms with van der Waals surface area (Å²) in [4.78, 5) is 1.91. The van der Waals surface area contributed by atoms with Crippen molar-refractivity contribution in [2.45, 2.75) is 0 Å². The lowest BCUT2D eigenvalue weighted by Gasteiger charge is -2.31. The minimum Gasteiger partial charge on any atom is -0.472 e. The van der Waals surface area contributed by atoms with Crippen LogP contribution in [0.5, 0.6) is 0 Å². The summed E-state index contributed by atoms with van der Waals surface area (Å²) >= 11 is 5.52. The van der Waals surface area contributed by atoms with Gasteiger partial charge in [0.15, 0.2) is 0 Å². The Morgan fingerprint density at radius 1 is 0.889 bits per heavy atom. The molecule has 0 saturated carbocycles. The average Bonchev–Trinajstić information content (AvgIpc) is 2.68. The van der Waals surface area contributed by atoms with Crippen LogP contribution in [0.4, 0.5) is 20.2 Å². The molecule has 0 spiro atoms. The zero-order valence-electron chi connectivity index (χ0n) is 14.4. The standard InChI is InChI=1S/C21H16F2NOPS/c1-24-20-9-7-14(22)11-17(20)19(18-12-15(23)8-10-21(18)24)13-25-26(27)16-5-3-2-4-6-16/h2-13,26H,1H3. The summed E-state index contributed by atoms with van der Waals surface area (Å²) in [5, 5.41) is 0.946. The average molecular weight is 399 g/mol. The highest BCUT2D eigenvalue weighted by atomic mass is 32.4. The number of hydrogen-bond acceptors (Lipinski definition) is 3. The first-order valence-corrected chi connectivity index (χ1v) is 10.9. The maximum absolute atomic E-state index is 13.9. The van der Waals surface area contributed by atoms with Crippen LogP contribution in [0.2, 0.25) is 0 Å². The van der Waals surface area contributed by atoms with E-state index in [9.17, 15) is 8.78 Å². The molecule has 1 atom stereocenters. The maximum Gasteiger partial charge on any atom is 0.130 e. The Bertz CT molecular complexity index is 1010. The Balaban J connectivity index is 1.82. The zero-order chi connectivity index (χ0) is 19.0. The molecule has 27 heavy (non-hydrogen) atoms. The fourth-order valence-corrected chi connectivity index (χ4v) is 4.57. The topological polar surface area (TPSA) is 12.5 Å². The van der Waals surface area contributed by atoms with Crippen molar-refractivity contribution in [1.29, 1.82) is 0 Å². The zero-order valence-corrected chi connectivity index (χ0v) is 16.3. The van der Waals surface area contributed by atoms with Crippen LogP contribution < -0.4 is 10.2 Å². The van der Waals surface area contributed by atoms with Gasteiger partial charge in [-0.2, -0.15) is 0 Å². The lowest BCUT2D eigenvalue weighted by molar-refractivity contribution is 0.558. The molecule has 0 aromatic heterocycles. The third kappa shape index (κ3) is 3.41. The minimum atomic E-state index is -1.70. The molecule has 2 nitrogen and oxygen atoms in total. The van der Waals surface area contributed by atoms with Gasteiger partial charge in [0.2, 0.25) is 0 Å². The molecule has 1 aliphatic heterocycles. The monoisotopic (exact) mass is 399 g/mol. The molecule has 0 aliphatic carbocycles. The summed E-state index contributed by atoms with van der Waals surface area (Å²) in [6, 6.07) is 18.7. The van der Waals surface area contributed by atoms with E-state index in [2.05, 4.69) is 0 Å². The molecule has 6 heteroatoms. The first kappa shape index (κ1) is 17.9. The van der Waals surface area contributed by atoms with Crippen LogP contribution in [0, 0.1) is 11.6 Å². The van der Waals surface area contributed by atoms with Gasteiger partial charge in [-0.15, -0.1) is 0 Å². The lowest BCUT2D eigenvalue weighted by atomic mass is 9.91. The molecule has 136 valence electrons. The number of benzene rings is 3. The van der Waals surface area contributed by atoms with Crippen LogP contribution >= 0.6 is 6.92 Å². The van der Waals surface area contributed by atoms with E-state index in [1.807, 2.05) is 42.3 Å². The number of rotatable bonds is 3. The molecule has 3 aromatic rings. The van der Waals surface area contributed by atoms with Gasteiger partial charge in [-0.1, -0.05) is 42.1 Å². The van der Waals surface area contributed by atoms with E-state index in [4.69, 9.17) is 16.3 Å². The predicted molar refractivity (Wildman–Crippen MR) is 111 cm³/mol. The third-order valence-corrected chi connectivity index (χ3v) is 6.65. The first-order chi connectivity index (χ1) is 13.0. The molecule has 1 heterocycles. The summed E-state index contributed by atoms with van der Waals surface area (Å²) in [5.74, 6) is -0.722. The second-order valence-corrected chi connectivity index (χ2v) is 8.69. The molecular weight excluding hydrogens is 383 g/mol. The van der Waals surface area contributed by atoms with E-state index in [1.165, 1.54) is 24.3 Å². The number of anilines is 2. The summed E-state index contributed by atoms with van der Waals surface area (Å²) in [6.07, 6.45) is 1.55.